The molecule has 5 aromatic rings. The number of furan rings is 1. The van der Waals surface area contributed by atoms with Gasteiger partial charge in [-0.1, -0.05) is 39.0 Å². The molecule has 1 unspecified atom stereocenters. The van der Waals surface area contributed by atoms with Crippen molar-refractivity contribution in [2.75, 3.05) is 73.3 Å². The van der Waals surface area contributed by atoms with Crippen molar-refractivity contribution in [3.63, 3.8) is 0 Å². The van der Waals surface area contributed by atoms with Gasteiger partial charge in [-0.3, -0.25) is 43.8 Å². The summed E-state index contributed by atoms with van der Waals surface area (Å²) >= 11 is 0. The van der Waals surface area contributed by atoms with Crippen LogP contribution in [-0.2, 0) is 28.7 Å². The van der Waals surface area contributed by atoms with Crippen molar-refractivity contribution >= 4 is 81.1 Å². The number of nitrogens with one attached hydrogen (secondary N) is 5. The summed E-state index contributed by atoms with van der Waals surface area (Å²) in [5.41, 5.74) is 3.04. The molecule has 21 nitrogen and oxygen atoms in total. The average molecular weight is 966 g/mol. The number of hydrogen-bond donors (Lipinski definition) is 5. The number of allylic oxidation sites excluding steroid dienone is 1. The second-order valence-corrected chi connectivity index (χ2v) is 17.9. The molecule has 71 heavy (non-hydrogen) atoms. The normalized spacial score (nSPS) is 16.1. The number of piperidine rings is 1. The van der Waals surface area contributed by atoms with E-state index in [1.54, 1.807) is 53.4 Å². The van der Waals surface area contributed by atoms with Gasteiger partial charge in [0.2, 0.25) is 35.2 Å². The molecule has 1 atom stereocenters. The van der Waals surface area contributed by atoms with Gasteiger partial charge in [-0.2, -0.15) is 10.2 Å². The molecular weight excluding hydrogens is 915 g/mol. The average Bonchev–Trinajstić information content (AvgIpc) is 3.93. The number of hydrogen-bond acceptors (Lipinski definition) is 16. The van der Waals surface area contributed by atoms with Crippen LogP contribution in [0.2, 0.25) is 0 Å². The van der Waals surface area contributed by atoms with Crippen LogP contribution >= 0.6 is 0 Å². The van der Waals surface area contributed by atoms with Gasteiger partial charge in [0.15, 0.2) is 0 Å². The maximum atomic E-state index is 13.3. The lowest BCUT2D eigenvalue weighted by Gasteiger charge is -2.36. The number of piperazine rings is 1. The Bertz CT molecular complexity index is 2970. The molecule has 8 rings (SSSR count). The number of fused-ring (bicyclic) bond motifs is 2. The van der Waals surface area contributed by atoms with Crippen molar-refractivity contribution < 1.29 is 47.5 Å². The first-order valence-electron chi connectivity index (χ1n) is 22.9. The number of amides is 7. The molecule has 2 saturated heterocycles. The van der Waals surface area contributed by atoms with E-state index >= 15 is 0 Å². The number of carbonyl (C=O) groups excluding carboxylic acids is 7. The molecule has 0 radical (unpaired) electrons. The Labute approximate surface area is 407 Å². The van der Waals surface area contributed by atoms with Crippen molar-refractivity contribution in [2.45, 2.75) is 46.1 Å². The lowest BCUT2D eigenvalue weighted by Crippen LogP contribution is -2.54. The molecule has 0 spiro atoms. The minimum atomic E-state index is -1.10. The topological polar surface area (TPSA) is 271 Å². The lowest BCUT2D eigenvalue weighted by molar-refractivity contribution is -0.136. The van der Waals surface area contributed by atoms with Gasteiger partial charge in [0.1, 0.15) is 29.0 Å². The summed E-state index contributed by atoms with van der Waals surface area (Å²) in [5.74, 6) is -2.66. The zero-order valence-corrected chi connectivity index (χ0v) is 39.2. The highest BCUT2D eigenvalue weighted by Gasteiger charge is 2.45. The minimum absolute atomic E-state index is 0.00460. The molecule has 3 aliphatic heterocycles. The largest absolute Gasteiger partial charge is 0.457 e. The number of nitriles is 1. The molecule has 5 heterocycles. The molecule has 0 saturated carbocycles. The van der Waals surface area contributed by atoms with Gasteiger partial charge in [-0.05, 0) is 60.4 Å². The number of aromatic nitrogens is 2. The standard InChI is InChI=1S/C50H51N11O10/c1-50(2,3)27-30(28-51)44(65)54-32-6-4-7-34(26-32)71-46-43-37(16-24-70-43)56-49(58-46)55-31-10-12-33(13-11-31)59-19-21-60(22-20-59)41(64)17-23-69-25-18-52-40(63)29-53-36-9-5-8-35-42(36)48(68)61(47(35)67)38-14-15-39(62)57-45(38)66/h4-13,16,24,26-27,38,53H,14-15,17-23,25,29H2,1-3H3,(H,52,63)(H,54,65)(H,55,56,58)(H,57,62,66)/b30-27+. The number of benzene rings is 3. The third-order valence-electron chi connectivity index (χ3n) is 11.6. The fourth-order valence-electron chi connectivity index (χ4n) is 8.17. The summed E-state index contributed by atoms with van der Waals surface area (Å²) in [6, 6.07) is 21.6. The van der Waals surface area contributed by atoms with Crippen molar-refractivity contribution in [1.82, 2.24) is 30.4 Å². The van der Waals surface area contributed by atoms with Gasteiger partial charge >= 0.3 is 0 Å². The van der Waals surface area contributed by atoms with Crippen LogP contribution in [0.5, 0.6) is 11.6 Å². The number of carbonyl (C=O) groups is 7. The van der Waals surface area contributed by atoms with Crippen LogP contribution in [-0.4, -0.2) is 120 Å². The predicted molar refractivity (Wildman–Crippen MR) is 259 cm³/mol. The third kappa shape index (κ3) is 11.8. The minimum Gasteiger partial charge on any atom is -0.457 e. The number of ether oxygens (including phenoxy) is 2. The highest BCUT2D eigenvalue weighted by atomic mass is 16.5. The third-order valence-corrected chi connectivity index (χ3v) is 11.6. The maximum Gasteiger partial charge on any atom is 0.268 e. The van der Waals surface area contributed by atoms with Crippen LogP contribution in [0.15, 0.2) is 95.1 Å². The molecule has 7 amide bonds. The van der Waals surface area contributed by atoms with Gasteiger partial charge in [0.05, 0.1) is 43.6 Å². The van der Waals surface area contributed by atoms with E-state index in [0.29, 0.717) is 48.7 Å². The highest BCUT2D eigenvalue weighted by Crippen LogP contribution is 2.34. The molecule has 2 aromatic heterocycles. The number of nitrogens with zero attached hydrogens (tertiary/aromatic N) is 6. The highest BCUT2D eigenvalue weighted by molar-refractivity contribution is 6.25. The Kier molecular flexibility index (Phi) is 14.7. The quantitative estimate of drug-likeness (QED) is 0.0360. The Morgan fingerprint density at radius 2 is 1.70 bits per heavy atom. The summed E-state index contributed by atoms with van der Waals surface area (Å²) in [6.07, 6.45) is 3.33. The van der Waals surface area contributed by atoms with Crippen molar-refractivity contribution in [3.05, 3.63) is 102 Å². The number of rotatable bonds is 17. The Hall–Kier alpha value is -8.64. The first-order valence-corrected chi connectivity index (χ1v) is 22.9. The molecule has 0 bridgehead atoms. The molecule has 2 fully saturated rings. The van der Waals surface area contributed by atoms with E-state index in [1.807, 2.05) is 51.1 Å². The lowest BCUT2D eigenvalue weighted by atomic mass is 9.93. The fraction of sp³-hybridized carbons (Fsp3) is 0.320. The Morgan fingerprint density at radius 1 is 0.930 bits per heavy atom. The molecule has 21 heteroatoms. The summed E-state index contributed by atoms with van der Waals surface area (Å²) in [6.45, 7) is 8.36. The summed E-state index contributed by atoms with van der Waals surface area (Å²) in [5, 5.41) is 23.3. The van der Waals surface area contributed by atoms with Gasteiger partial charge in [0, 0.05) is 74.0 Å². The molecular formula is C50H51N11O10. The predicted octanol–water partition coefficient (Wildman–Crippen LogP) is 4.88. The second-order valence-electron chi connectivity index (χ2n) is 17.9. The van der Waals surface area contributed by atoms with Gasteiger partial charge in [0.25, 0.3) is 23.6 Å². The first-order chi connectivity index (χ1) is 34.1. The van der Waals surface area contributed by atoms with E-state index in [9.17, 15) is 38.8 Å². The smallest absolute Gasteiger partial charge is 0.268 e. The van der Waals surface area contributed by atoms with Crippen LogP contribution < -0.4 is 36.2 Å². The molecule has 3 aliphatic rings. The van der Waals surface area contributed by atoms with Crippen molar-refractivity contribution in [1.29, 1.82) is 5.26 Å². The SMILES string of the molecule is CC(C)(C)/C=C(\C#N)C(=O)Nc1cccc(Oc2nc(Nc3ccc(N4CCN(C(=O)CCOCCNC(=O)CNc5cccc6c5C(=O)N(C5CCC(=O)NC5=O)C6=O)CC4)cc3)nc3ccoc23)c1. The summed E-state index contributed by atoms with van der Waals surface area (Å²) in [4.78, 5) is 103. The van der Waals surface area contributed by atoms with E-state index in [2.05, 4.69) is 41.5 Å². The number of imide groups is 2. The van der Waals surface area contributed by atoms with Crippen LogP contribution in [0.3, 0.4) is 0 Å². The molecule has 5 N–H and O–H groups in total. The zero-order valence-electron chi connectivity index (χ0n) is 39.2. The molecule has 3 aromatic carbocycles. The molecule has 366 valence electrons. The summed E-state index contributed by atoms with van der Waals surface area (Å²) in [7, 11) is 0. The van der Waals surface area contributed by atoms with E-state index < -0.39 is 41.5 Å². The van der Waals surface area contributed by atoms with Crippen LogP contribution in [0.25, 0.3) is 11.1 Å². The summed E-state index contributed by atoms with van der Waals surface area (Å²) < 4.78 is 17.4. The molecule has 0 aliphatic carbocycles. The maximum absolute atomic E-state index is 13.3. The monoisotopic (exact) mass is 965 g/mol. The second kappa shape index (κ2) is 21.3. The Balaban J connectivity index is 0.744. The van der Waals surface area contributed by atoms with E-state index in [1.165, 1.54) is 12.3 Å². The van der Waals surface area contributed by atoms with Crippen LogP contribution in [0.4, 0.5) is 28.7 Å². The van der Waals surface area contributed by atoms with Crippen LogP contribution in [0, 0.1) is 16.7 Å². The fourth-order valence-corrected chi connectivity index (χ4v) is 8.17. The van der Waals surface area contributed by atoms with E-state index in [0.717, 1.165) is 16.3 Å². The van der Waals surface area contributed by atoms with E-state index in [4.69, 9.17) is 13.9 Å². The van der Waals surface area contributed by atoms with Gasteiger partial charge in [-0.15, -0.1) is 0 Å². The van der Waals surface area contributed by atoms with Gasteiger partial charge < -0.3 is 45.0 Å². The van der Waals surface area contributed by atoms with E-state index in [-0.39, 0.29) is 91.1 Å². The van der Waals surface area contributed by atoms with Crippen LogP contribution in [0.1, 0.15) is 60.7 Å². The zero-order chi connectivity index (χ0) is 50.2. The van der Waals surface area contributed by atoms with Crippen molar-refractivity contribution in [2.24, 2.45) is 5.41 Å². The first kappa shape index (κ1) is 48.8. The number of anilines is 5. The van der Waals surface area contributed by atoms with Gasteiger partial charge in [-0.25, -0.2) is 4.98 Å². The Morgan fingerprint density at radius 3 is 2.45 bits per heavy atom. The van der Waals surface area contributed by atoms with Crippen molar-refractivity contribution in [3.8, 4) is 17.7 Å².